The highest BCUT2D eigenvalue weighted by molar-refractivity contribution is 5.85. The van der Waals surface area contributed by atoms with Crippen molar-refractivity contribution in [2.24, 2.45) is 5.73 Å². The largest absolute Gasteiger partial charge is 0.464 e. The molecule has 1 aromatic heterocycles. The SMILES string of the molecule is Cc1ccc(CN(Cc2ccc(F)cc2)C(=O)CN(C(=O)CCCCCN)C(C)(C)C)o1. The second-order valence-corrected chi connectivity index (χ2v) is 9.14. The zero-order chi connectivity index (χ0) is 23.7. The first-order valence-corrected chi connectivity index (χ1v) is 11.2. The van der Waals surface area contributed by atoms with Crippen LogP contribution in [-0.4, -0.2) is 40.2 Å². The summed E-state index contributed by atoms with van der Waals surface area (Å²) in [5.74, 6) is 0.867. The molecule has 0 spiro atoms. The summed E-state index contributed by atoms with van der Waals surface area (Å²) < 4.78 is 19.0. The van der Waals surface area contributed by atoms with E-state index in [2.05, 4.69) is 0 Å². The number of hydrogen-bond acceptors (Lipinski definition) is 4. The first kappa shape index (κ1) is 25.6. The van der Waals surface area contributed by atoms with Crippen molar-refractivity contribution in [3.05, 3.63) is 59.3 Å². The Hall–Kier alpha value is -2.67. The summed E-state index contributed by atoms with van der Waals surface area (Å²) in [6.07, 6.45) is 2.92. The Kier molecular flexibility index (Phi) is 9.44. The third kappa shape index (κ3) is 8.11. The topological polar surface area (TPSA) is 79.8 Å². The minimum Gasteiger partial charge on any atom is -0.464 e. The zero-order valence-electron chi connectivity index (χ0n) is 19.7. The van der Waals surface area contributed by atoms with Gasteiger partial charge in [0, 0.05) is 18.5 Å². The number of halogens is 1. The van der Waals surface area contributed by atoms with Crippen LogP contribution < -0.4 is 5.73 Å². The maximum atomic E-state index is 13.4. The Balaban J connectivity index is 2.16. The van der Waals surface area contributed by atoms with Gasteiger partial charge in [-0.05, 0) is 76.9 Å². The molecule has 2 N–H and O–H groups in total. The summed E-state index contributed by atoms with van der Waals surface area (Å²) >= 11 is 0. The van der Waals surface area contributed by atoms with Gasteiger partial charge in [-0.25, -0.2) is 4.39 Å². The van der Waals surface area contributed by atoms with E-state index in [-0.39, 0.29) is 30.7 Å². The summed E-state index contributed by atoms with van der Waals surface area (Å²) in [7, 11) is 0. The van der Waals surface area contributed by atoms with Crippen LogP contribution >= 0.6 is 0 Å². The van der Waals surface area contributed by atoms with Gasteiger partial charge < -0.3 is 20.0 Å². The quantitative estimate of drug-likeness (QED) is 0.520. The van der Waals surface area contributed by atoms with Crippen molar-refractivity contribution in [2.75, 3.05) is 13.1 Å². The standard InChI is InChI=1S/C25H36FN3O3/c1-19-9-14-22(32-19)17-28(16-20-10-12-21(26)13-11-20)24(31)18-29(25(2,3)4)23(30)8-6-5-7-15-27/h9-14H,5-8,15-18,27H2,1-4H3. The first-order valence-electron chi connectivity index (χ1n) is 11.2. The van der Waals surface area contributed by atoms with Crippen LogP contribution in [0.5, 0.6) is 0 Å². The number of amides is 2. The highest BCUT2D eigenvalue weighted by atomic mass is 19.1. The summed E-state index contributed by atoms with van der Waals surface area (Å²) in [5.41, 5.74) is 5.84. The predicted molar refractivity (Wildman–Crippen MR) is 123 cm³/mol. The molecule has 1 heterocycles. The predicted octanol–water partition coefficient (Wildman–Crippen LogP) is 4.40. The van der Waals surface area contributed by atoms with E-state index >= 15 is 0 Å². The van der Waals surface area contributed by atoms with Crippen LogP contribution in [0.2, 0.25) is 0 Å². The average Bonchev–Trinajstić information content (AvgIpc) is 3.14. The Labute approximate surface area is 190 Å². The summed E-state index contributed by atoms with van der Waals surface area (Å²) in [5, 5.41) is 0. The number of carbonyl (C=O) groups is 2. The van der Waals surface area contributed by atoms with Crippen molar-refractivity contribution < 1.29 is 18.4 Å². The fraction of sp³-hybridized carbons (Fsp3) is 0.520. The van der Waals surface area contributed by atoms with E-state index in [1.54, 1.807) is 21.9 Å². The average molecular weight is 446 g/mol. The van der Waals surface area contributed by atoms with Gasteiger partial charge in [-0.3, -0.25) is 9.59 Å². The number of carbonyl (C=O) groups excluding carboxylic acids is 2. The minimum absolute atomic E-state index is 0.0277. The number of benzene rings is 1. The molecule has 1 aromatic carbocycles. The minimum atomic E-state index is -0.497. The molecule has 0 saturated heterocycles. The van der Waals surface area contributed by atoms with Crippen LogP contribution in [0.4, 0.5) is 4.39 Å². The number of furan rings is 1. The van der Waals surface area contributed by atoms with Gasteiger partial charge in [-0.2, -0.15) is 0 Å². The lowest BCUT2D eigenvalue weighted by Gasteiger charge is -2.37. The summed E-state index contributed by atoms with van der Waals surface area (Å²) in [6.45, 7) is 8.78. The molecule has 0 aliphatic carbocycles. The molecule has 0 aliphatic heterocycles. The number of rotatable bonds is 11. The van der Waals surface area contributed by atoms with E-state index in [0.29, 0.717) is 25.3 Å². The van der Waals surface area contributed by atoms with Gasteiger partial charge in [0.15, 0.2) is 0 Å². The van der Waals surface area contributed by atoms with Crippen LogP contribution in [-0.2, 0) is 22.7 Å². The number of aryl methyl sites for hydroxylation is 1. The summed E-state index contributed by atoms with van der Waals surface area (Å²) in [4.78, 5) is 29.6. The second-order valence-electron chi connectivity index (χ2n) is 9.14. The molecule has 0 aliphatic rings. The normalized spacial score (nSPS) is 11.4. The molecule has 6 nitrogen and oxygen atoms in total. The number of unbranched alkanes of at least 4 members (excludes halogenated alkanes) is 2. The van der Waals surface area contributed by atoms with Crippen LogP contribution in [0.3, 0.4) is 0 Å². The molecular weight excluding hydrogens is 409 g/mol. The van der Waals surface area contributed by atoms with Crippen molar-refractivity contribution >= 4 is 11.8 Å². The Morgan fingerprint density at radius 2 is 1.66 bits per heavy atom. The van der Waals surface area contributed by atoms with Crippen molar-refractivity contribution in [3.63, 3.8) is 0 Å². The Morgan fingerprint density at radius 1 is 0.969 bits per heavy atom. The van der Waals surface area contributed by atoms with Gasteiger partial charge in [-0.1, -0.05) is 18.6 Å². The van der Waals surface area contributed by atoms with Crippen LogP contribution in [0, 0.1) is 12.7 Å². The fourth-order valence-corrected chi connectivity index (χ4v) is 3.47. The lowest BCUT2D eigenvalue weighted by molar-refractivity contribution is -0.145. The third-order valence-corrected chi connectivity index (χ3v) is 5.28. The molecule has 176 valence electrons. The molecule has 2 rings (SSSR count). The molecule has 0 bridgehead atoms. The van der Waals surface area contributed by atoms with Crippen molar-refractivity contribution in [3.8, 4) is 0 Å². The van der Waals surface area contributed by atoms with E-state index in [4.69, 9.17) is 10.2 Å². The van der Waals surface area contributed by atoms with Crippen molar-refractivity contribution in [1.29, 1.82) is 0 Å². The van der Waals surface area contributed by atoms with Gasteiger partial charge in [0.25, 0.3) is 0 Å². The summed E-state index contributed by atoms with van der Waals surface area (Å²) in [6, 6.07) is 9.76. The van der Waals surface area contributed by atoms with Gasteiger partial charge in [0.1, 0.15) is 23.9 Å². The molecule has 0 saturated carbocycles. The molecule has 0 unspecified atom stereocenters. The molecule has 2 aromatic rings. The Morgan fingerprint density at radius 3 is 2.22 bits per heavy atom. The number of nitrogens with two attached hydrogens (primary N) is 1. The van der Waals surface area contributed by atoms with Gasteiger partial charge in [-0.15, -0.1) is 0 Å². The van der Waals surface area contributed by atoms with Crippen LogP contribution in [0.25, 0.3) is 0 Å². The van der Waals surface area contributed by atoms with E-state index in [1.165, 1.54) is 12.1 Å². The molecule has 0 atom stereocenters. The maximum Gasteiger partial charge on any atom is 0.242 e. The van der Waals surface area contributed by atoms with Crippen LogP contribution in [0.1, 0.15) is 63.5 Å². The van der Waals surface area contributed by atoms with E-state index < -0.39 is 5.54 Å². The first-order chi connectivity index (χ1) is 15.1. The Bertz CT molecular complexity index is 871. The maximum absolute atomic E-state index is 13.4. The molecule has 0 fully saturated rings. The molecule has 32 heavy (non-hydrogen) atoms. The van der Waals surface area contributed by atoms with Gasteiger partial charge in [0.2, 0.25) is 11.8 Å². The van der Waals surface area contributed by atoms with E-state index in [0.717, 1.165) is 30.6 Å². The van der Waals surface area contributed by atoms with E-state index in [9.17, 15) is 14.0 Å². The molecule has 7 heteroatoms. The van der Waals surface area contributed by atoms with Crippen LogP contribution in [0.15, 0.2) is 40.8 Å². The third-order valence-electron chi connectivity index (χ3n) is 5.28. The second kappa shape index (κ2) is 11.8. The van der Waals surface area contributed by atoms with E-state index in [1.807, 2.05) is 39.8 Å². The number of hydrogen-bond donors (Lipinski definition) is 1. The zero-order valence-corrected chi connectivity index (χ0v) is 19.7. The highest BCUT2D eigenvalue weighted by Crippen LogP contribution is 2.19. The van der Waals surface area contributed by atoms with Crippen molar-refractivity contribution in [2.45, 2.75) is 72.0 Å². The lowest BCUT2D eigenvalue weighted by Crippen LogP contribution is -2.51. The molecular formula is C25H36FN3O3. The monoisotopic (exact) mass is 445 g/mol. The van der Waals surface area contributed by atoms with Gasteiger partial charge >= 0.3 is 0 Å². The smallest absolute Gasteiger partial charge is 0.242 e. The molecule has 2 amide bonds. The van der Waals surface area contributed by atoms with Crippen molar-refractivity contribution in [1.82, 2.24) is 9.80 Å². The van der Waals surface area contributed by atoms with Gasteiger partial charge in [0.05, 0.1) is 6.54 Å². The lowest BCUT2D eigenvalue weighted by atomic mass is 10.0. The highest BCUT2D eigenvalue weighted by Gasteiger charge is 2.30. The fourth-order valence-electron chi connectivity index (χ4n) is 3.47. The number of nitrogens with zero attached hydrogens (tertiary/aromatic N) is 2. The molecule has 0 radical (unpaired) electrons.